The number of hydrogen-bond donors (Lipinski definition) is 0. The van der Waals surface area contributed by atoms with Gasteiger partial charge >= 0.3 is 0 Å². The van der Waals surface area contributed by atoms with Crippen molar-refractivity contribution in [2.24, 2.45) is 0 Å². The molecule has 4 rings (SSSR count). The van der Waals surface area contributed by atoms with Crippen LogP contribution in [0.2, 0.25) is 0 Å². The van der Waals surface area contributed by atoms with Gasteiger partial charge < -0.3 is 14.2 Å². The van der Waals surface area contributed by atoms with E-state index in [0.29, 0.717) is 36.2 Å². The molecule has 1 aliphatic heterocycles. The fraction of sp³-hybridized carbons (Fsp3) is 0.421. The first-order valence-corrected chi connectivity index (χ1v) is 9.41. The summed E-state index contributed by atoms with van der Waals surface area (Å²) in [5.74, 6) is 1.09. The van der Waals surface area contributed by atoms with Crippen molar-refractivity contribution in [2.45, 2.75) is 32.2 Å². The highest BCUT2D eigenvalue weighted by Gasteiger charge is 2.29. The van der Waals surface area contributed by atoms with Gasteiger partial charge in [0.25, 0.3) is 11.8 Å². The zero-order chi connectivity index (χ0) is 20.4. The first-order valence-electron chi connectivity index (χ1n) is 9.41. The Balaban J connectivity index is 1.34. The molecule has 29 heavy (non-hydrogen) atoms. The topological polar surface area (TPSA) is 99.2 Å². The van der Waals surface area contributed by atoms with Gasteiger partial charge in [-0.25, -0.2) is 9.07 Å². The SMILES string of the molecule is CC(C)c1noc(-c2cn([C@@H]3CCN(C(=O)COc4ccc(F)cc4)C3)nn2)n1. The van der Waals surface area contributed by atoms with E-state index in [1.54, 1.807) is 15.8 Å². The third kappa shape index (κ3) is 4.25. The molecule has 0 aliphatic carbocycles. The van der Waals surface area contributed by atoms with Gasteiger partial charge in [-0.05, 0) is 30.7 Å². The van der Waals surface area contributed by atoms with Crippen LogP contribution in [-0.4, -0.2) is 55.6 Å². The van der Waals surface area contributed by atoms with E-state index in [2.05, 4.69) is 20.5 Å². The summed E-state index contributed by atoms with van der Waals surface area (Å²) in [5, 5.41) is 12.2. The standard InChI is InChI=1S/C19H21FN6O3/c1-12(2)18-21-19(29-23-18)16-10-26(24-22-16)14-7-8-25(9-14)17(27)11-28-15-5-3-13(20)4-6-15/h3-6,10,12,14H,7-9,11H2,1-2H3/t14-/m1/s1. The van der Waals surface area contributed by atoms with Crippen LogP contribution < -0.4 is 4.74 Å². The fourth-order valence-corrected chi connectivity index (χ4v) is 3.08. The first-order chi connectivity index (χ1) is 14.0. The molecule has 1 aliphatic rings. The highest BCUT2D eigenvalue weighted by Crippen LogP contribution is 2.24. The maximum absolute atomic E-state index is 12.9. The number of benzene rings is 1. The van der Waals surface area contributed by atoms with Gasteiger partial charge in [-0.1, -0.05) is 24.2 Å². The maximum atomic E-state index is 12.9. The average molecular weight is 400 g/mol. The summed E-state index contributed by atoms with van der Waals surface area (Å²) >= 11 is 0. The van der Waals surface area contributed by atoms with E-state index in [0.717, 1.165) is 6.42 Å². The van der Waals surface area contributed by atoms with Crippen LogP contribution in [0.5, 0.6) is 5.75 Å². The molecule has 2 aromatic heterocycles. The summed E-state index contributed by atoms with van der Waals surface area (Å²) in [6, 6.07) is 5.59. The Morgan fingerprint density at radius 3 is 2.86 bits per heavy atom. The molecule has 1 fully saturated rings. The van der Waals surface area contributed by atoms with E-state index in [-0.39, 0.29) is 30.3 Å². The minimum absolute atomic E-state index is 0.0125. The Morgan fingerprint density at radius 2 is 2.14 bits per heavy atom. The molecule has 0 bridgehead atoms. The quantitative estimate of drug-likeness (QED) is 0.627. The van der Waals surface area contributed by atoms with Gasteiger partial charge in [-0.2, -0.15) is 4.98 Å². The van der Waals surface area contributed by atoms with Gasteiger partial charge in [0.2, 0.25) is 0 Å². The predicted octanol–water partition coefficient (Wildman–Crippen LogP) is 2.44. The number of carbonyl (C=O) groups is 1. The van der Waals surface area contributed by atoms with Crippen LogP contribution in [0, 0.1) is 5.82 Å². The van der Waals surface area contributed by atoms with Crippen molar-refractivity contribution in [3.63, 3.8) is 0 Å². The molecule has 0 unspecified atom stereocenters. The average Bonchev–Trinajstić information content (AvgIpc) is 3.46. The molecule has 10 heteroatoms. The van der Waals surface area contributed by atoms with Crippen LogP contribution in [0.15, 0.2) is 35.0 Å². The molecule has 1 aromatic carbocycles. The third-order valence-corrected chi connectivity index (χ3v) is 4.75. The lowest BCUT2D eigenvalue weighted by Crippen LogP contribution is -2.33. The predicted molar refractivity (Wildman–Crippen MR) is 99.5 cm³/mol. The summed E-state index contributed by atoms with van der Waals surface area (Å²) in [6.07, 6.45) is 2.51. The summed E-state index contributed by atoms with van der Waals surface area (Å²) < 4.78 is 25.3. The van der Waals surface area contributed by atoms with Crippen LogP contribution in [-0.2, 0) is 4.79 Å². The number of aromatic nitrogens is 5. The second kappa shape index (κ2) is 7.98. The van der Waals surface area contributed by atoms with Crippen molar-refractivity contribution in [3.05, 3.63) is 42.1 Å². The molecule has 1 amide bonds. The number of nitrogens with zero attached hydrogens (tertiary/aromatic N) is 6. The van der Waals surface area contributed by atoms with Crippen LogP contribution in [0.3, 0.4) is 0 Å². The Morgan fingerprint density at radius 1 is 1.34 bits per heavy atom. The van der Waals surface area contributed by atoms with Gasteiger partial charge in [0.15, 0.2) is 18.1 Å². The van der Waals surface area contributed by atoms with Crippen LogP contribution in [0.1, 0.15) is 38.1 Å². The zero-order valence-corrected chi connectivity index (χ0v) is 16.2. The van der Waals surface area contributed by atoms with E-state index in [9.17, 15) is 9.18 Å². The number of amides is 1. The highest BCUT2D eigenvalue weighted by molar-refractivity contribution is 5.78. The number of rotatable bonds is 6. The smallest absolute Gasteiger partial charge is 0.280 e. The Hall–Kier alpha value is -3.30. The lowest BCUT2D eigenvalue weighted by Gasteiger charge is -2.16. The highest BCUT2D eigenvalue weighted by atomic mass is 19.1. The molecule has 3 heterocycles. The third-order valence-electron chi connectivity index (χ3n) is 4.75. The normalized spacial score (nSPS) is 16.6. The molecule has 1 atom stereocenters. The minimum Gasteiger partial charge on any atom is -0.484 e. The van der Waals surface area contributed by atoms with E-state index in [4.69, 9.17) is 9.26 Å². The second-order valence-electron chi connectivity index (χ2n) is 7.22. The van der Waals surface area contributed by atoms with Crippen LogP contribution >= 0.6 is 0 Å². The summed E-state index contributed by atoms with van der Waals surface area (Å²) in [5.41, 5.74) is 0.508. The van der Waals surface area contributed by atoms with Crippen molar-refractivity contribution < 1.29 is 18.4 Å². The minimum atomic E-state index is -0.348. The Bertz CT molecular complexity index is 984. The van der Waals surface area contributed by atoms with Gasteiger partial charge in [-0.15, -0.1) is 5.10 Å². The summed E-state index contributed by atoms with van der Waals surface area (Å²) in [4.78, 5) is 18.4. The van der Waals surface area contributed by atoms with Gasteiger partial charge in [0, 0.05) is 19.0 Å². The Kier molecular flexibility index (Phi) is 5.24. The van der Waals surface area contributed by atoms with E-state index < -0.39 is 0 Å². The number of halogens is 1. The maximum Gasteiger partial charge on any atom is 0.280 e. The Labute approximate surface area is 166 Å². The molecule has 1 saturated heterocycles. The van der Waals surface area contributed by atoms with Crippen molar-refractivity contribution in [1.29, 1.82) is 0 Å². The molecular formula is C19H21FN6O3. The van der Waals surface area contributed by atoms with Crippen LogP contribution in [0.25, 0.3) is 11.6 Å². The first kappa shape index (κ1) is 19.0. The van der Waals surface area contributed by atoms with Gasteiger partial charge in [0.05, 0.1) is 12.2 Å². The molecule has 0 saturated carbocycles. The molecule has 9 nitrogen and oxygen atoms in total. The van der Waals surface area contributed by atoms with Crippen molar-refractivity contribution in [3.8, 4) is 17.3 Å². The van der Waals surface area contributed by atoms with Gasteiger partial charge in [-0.3, -0.25) is 4.79 Å². The lowest BCUT2D eigenvalue weighted by molar-refractivity contribution is -0.132. The zero-order valence-electron chi connectivity index (χ0n) is 16.2. The number of ether oxygens (including phenoxy) is 1. The largest absolute Gasteiger partial charge is 0.484 e. The monoisotopic (exact) mass is 400 g/mol. The number of carbonyl (C=O) groups excluding carboxylic acids is 1. The number of hydrogen-bond acceptors (Lipinski definition) is 7. The van der Waals surface area contributed by atoms with Crippen molar-refractivity contribution in [2.75, 3.05) is 19.7 Å². The molecule has 3 aromatic rings. The number of likely N-dealkylation sites (tertiary alicyclic amines) is 1. The molecule has 0 radical (unpaired) electrons. The second-order valence-corrected chi connectivity index (χ2v) is 7.22. The summed E-state index contributed by atoms with van der Waals surface area (Å²) in [6.45, 7) is 4.98. The van der Waals surface area contributed by atoms with Gasteiger partial charge in [0.1, 0.15) is 11.6 Å². The lowest BCUT2D eigenvalue weighted by atomic mass is 10.2. The fourth-order valence-electron chi connectivity index (χ4n) is 3.08. The van der Waals surface area contributed by atoms with E-state index in [1.807, 2.05) is 13.8 Å². The van der Waals surface area contributed by atoms with Crippen molar-refractivity contribution >= 4 is 5.91 Å². The summed E-state index contributed by atoms with van der Waals surface area (Å²) in [7, 11) is 0. The van der Waals surface area contributed by atoms with E-state index in [1.165, 1.54) is 24.3 Å². The molecule has 152 valence electrons. The molecular weight excluding hydrogens is 379 g/mol. The van der Waals surface area contributed by atoms with E-state index >= 15 is 0 Å². The molecule has 0 N–H and O–H groups in total. The van der Waals surface area contributed by atoms with Crippen molar-refractivity contribution in [1.82, 2.24) is 30.0 Å². The van der Waals surface area contributed by atoms with Crippen LogP contribution in [0.4, 0.5) is 4.39 Å². The molecule has 0 spiro atoms.